The molecule has 2 N–H and O–H groups in total. The predicted molar refractivity (Wildman–Crippen MR) is 65.4 cm³/mol. The van der Waals surface area contributed by atoms with Crippen molar-refractivity contribution in [1.82, 2.24) is 9.97 Å². The summed E-state index contributed by atoms with van der Waals surface area (Å²) >= 11 is 3.35. The zero-order valence-corrected chi connectivity index (χ0v) is 10.2. The summed E-state index contributed by atoms with van der Waals surface area (Å²) in [6.07, 6.45) is 3.39. The third kappa shape index (κ3) is 2.30. The average molecular weight is 280 g/mol. The van der Waals surface area contributed by atoms with Crippen LogP contribution in [0.5, 0.6) is 11.8 Å². The number of halogens is 1. The van der Waals surface area contributed by atoms with Gasteiger partial charge in [0, 0.05) is 18.1 Å². The van der Waals surface area contributed by atoms with Crippen LogP contribution in [0.4, 0.5) is 5.69 Å². The Morgan fingerprint density at radius 3 is 2.62 bits per heavy atom. The second kappa shape index (κ2) is 4.49. The number of benzene rings is 1. The second-order valence-electron chi connectivity index (χ2n) is 3.30. The van der Waals surface area contributed by atoms with Gasteiger partial charge in [0.05, 0.1) is 4.47 Å². The van der Waals surface area contributed by atoms with Crippen molar-refractivity contribution >= 4 is 21.6 Å². The summed E-state index contributed by atoms with van der Waals surface area (Å²) < 4.78 is 6.20. The van der Waals surface area contributed by atoms with Gasteiger partial charge in [-0.2, -0.15) is 0 Å². The van der Waals surface area contributed by atoms with Gasteiger partial charge in [-0.25, -0.2) is 9.97 Å². The van der Waals surface area contributed by atoms with E-state index in [4.69, 9.17) is 10.5 Å². The number of anilines is 1. The molecule has 82 valence electrons. The maximum Gasteiger partial charge on any atom is 0.321 e. The molecule has 0 amide bonds. The molecule has 0 fully saturated rings. The highest BCUT2D eigenvalue weighted by Crippen LogP contribution is 2.32. The molecule has 0 aliphatic carbocycles. The van der Waals surface area contributed by atoms with Crippen LogP contribution in [0.25, 0.3) is 0 Å². The second-order valence-corrected chi connectivity index (χ2v) is 4.10. The Hall–Kier alpha value is -1.62. The molecule has 2 aromatic rings. The van der Waals surface area contributed by atoms with Crippen LogP contribution >= 0.6 is 15.9 Å². The van der Waals surface area contributed by atoms with Crippen molar-refractivity contribution in [1.29, 1.82) is 0 Å². The van der Waals surface area contributed by atoms with E-state index in [-0.39, 0.29) is 0 Å². The van der Waals surface area contributed by atoms with Crippen molar-refractivity contribution in [3.63, 3.8) is 0 Å². The predicted octanol–water partition coefficient (Wildman–Crippen LogP) is 2.92. The lowest BCUT2D eigenvalue weighted by molar-refractivity contribution is 0.439. The molecular weight excluding hydrogens is 270 g/mol. The number of nitrogens with two attached hydrogens (primary N) is 1. The van der Waals surface area contributed by atoms with Gasteiger partial charge in [0.25, 0.3) is 0 Å². The van der Waals surface area contributed by atoms with Gasteiger partial charge < -0.3 is 10.5 Å². The third-order valence-corrected chi connectivity index (χ3v) is 2.80. The Labute approximate surface area is 102 Å². The highest BCUT2D eigenvalue weighted by Gasteiger charge is 2.06. The normalized spacial score (nSPS) is 10.1. The molecule has 0 atom stereocenters. The molecule has 2 rings (SSSR count). The molecule has 16 heavy (non-hydrogen) atoms. The molecule has 0 aliphatic rings. The number of hydrogen-bond acceptors (Lipinski definition) is 4. The van der Waals surface area contributed by atoms with Gasteiger partial charge in [-0.05, 0) is 40.5 Å². The standard InChI is InChI=1S/C11H10BrN3O/c1-7-5-14-11(15-6-7)16-9-4-2-3-8(13)10(9)12/h2-6H,13H2,1H3. The van der Waals surface area contributed by atoms with Crippen LogP contribution in [0.1, 0.15) is 5.56 Å². The Kier molecular flexibility index (Phi) is 3.05. The fourth-order valence-corrected chi connectivity index (χ4v) is 1.48. The Bertz CT molecular complexity index is 499. The highest BCUT2D eigenvalue weighted by atomic mass is 79.9. The van der Waals surface area contributed by atoms with Crippen LogP contribution in [0.3, 0.4) is 0 Å². The number of ether oxygens (including phenoxy) is 1. The maximum atomic E-state index is 5.73. The van der Waals surface area contributed by atoms with E-state index < -0.39 is 0 Å². The van der Waals surface area contributed by atoms with Crippen LogP contribution < -0.4 is 10.5 Å². The molecule has 4 nitrogen and oxygen atoms in total. The van der Waals surface area contributed by atoms with Crippen molar-refractivity contribution in [3.05, 3.63) is 40.6 Å². The lowest BCUT2D eigenvalue weighted by atomic mass is 10.3. The van der Waals surface area contributed by atoms with E-state index in [1.54, 1.807) is 24.5 Å². The first-order valence-corrected chi connectivity index (χ1v) is 5.46. The largest absolute Gasteiger partial charge is 0.423 e. The van der Waals surface area contributed by atoms with Gasteiger partial charge in [0.2, 0.25) is 0 Å². The summed E-state index contributed by atoms with van der Waals surface area (Å²) in [4.78, 5) is 8.10. The number of nitrogens with zero attached hydrogens (tertiary/aromatic N) is 2. The molecule has 0 radical (unpaired) electrons. The summed E-state index contributed by atoms with van der Waals surface area (Å²) in [5.74, 6) is 0.601. The SMILES string of the molecule is Cc1cnc(Oc2cccc(N)c2Br)nc1. The van der Waals surface area contributed by atoms with Crippen LogP contribution in [-0.2, 0) is 0 Å². The molecule has 0 bridgehead atoms. The monoisotopic (exact) mass is 279 g/mol. The summed E-state index contributed by atoms with van der Waals surface area (Å²) in [5, 5.41) is 0. The lowest BCUT2D eigenvalue weighted by Gasteiger charge is -2.07. The van der Waals surface area contributed by atoms with E-state index in [1.165, 1.54) is 0 Å². The smallest absolute Gasteiger partial charge is 0.321 e. The van der Waals surface area contributed by atoms with E-state index in [9.17, 15) is 0 Å². The van der Waals surface area contributed by atoms with Gasteiger partial charge in [-0.15, -0.1) is 0 Å². The Morgan fingerprint density at radius 1 is 1.25 bits per heavy atom. The fourth-order valence-electron chi connectivity index (χ4n) is 1.14. The Morgan fingerprint density at radius 2 is 1.94 bits per heavy atom. The van der Waals surface area contributed by atoms with E-state index >= 15 is 0 Å². The van der Waals surface area contributed by atoms with Gasteiger partial charge in [-0.1, -0.05) is 6.07 Å². The van der Waals surface area contributed by atoms with E-state index in [0.717, 1.165) is 5.56 Å². The summed E-state index contributed by atoms with van der Waals surface area (Å²) in [6, 6.07) is 5.69. The summed E-state index contributed by atoms with van der Waals surface area (Å²) in [7, 11) is 0. The minimum absolute atomic E-state index is 0.303. The third-order valence-electron chi connectivity index (χ3n) is 1.95. The van der Waals surface area contributed by atoms with Crippen molar-refractivity contribution in [3.8, 4) is 11.8 Å². The minimum atomic E-state index is 0.303. The first-order chi connectivity index (χ1) is 7.66. The maximum absolute atomic E-state index is 5.73. The van der Waals surface area contributed by atoms with Crippen molar-refractivity contribution in [2.45, 2.75) is 6.92 Å². The van der Waals surface area contributed by atoms with Crippen LogP contribution in [0.2, 0.25) is 0 Å². The first-order valence-electron chi connectivity index (χ1n) is 4.67. The van der Waals surface area contributed by atoms with Crippen LogP contribution in [0, 0.1) is 6.92 Å². The van der Waals surface area contributed by atoms with Gasteiger partial charge >= 0.3 is 6.01 Å². The molecule has 1 aromatic carbocycles. The molecule has 0 aliphatic heterocycles. The van der Waals surface area contributed by atoms with E-state index in [0.29, 0.717) is 21.9 Å². The van der Waals surface area contributed by atoms with E-state index in [2.05, 4.69) is 25.9 Å². The molecule has 0 saturated carbocycles. The van der Waals surface area contributed by atoms with E-state index in [1.807, 2.05) is 13.0 Å². The number of rotatable bonds is 2. The average Bonchev–Trinajstić information content (AvgIpc) is 2.28. The zero-order valence-electron chi connectivity index (χ0n) is 8.64. The molecule has 0 saturated heterocycles. The van der Waals surface area contributed by atoms with Gasteiger partial charge in [0.1, 0.15) is 5.75 Å². The molecule has 0 unspecified atom stereocenters. The van der Waals surface area contributed by atoms with Crippen LogP contribution in [-0.4, -0.2) is 9.97 Å². The molecule has 0 spiro atoms. The number of aromatic nitrogens is 2. The number of hydrogen-bond donors (Lipinski definition) is 1. The Balaban J connectivity index is 2.27. The molecule has 5 heteroatoms. The minimum Gasteiger partial charge on any atom is -0.423 e. The molecule has 1 aromatic heterocycles. The summed E-state index contributed by atoms with van der Waals surface area (Å²) in [5.41, 5.74) is 7.33. The fraction of sp³-hybridized carbons (Fsp3) is 0.0909. The topological polar surface area (TPSA) is 61.0 Å². The highest BCUT2D eigenvalue weighted by molar-refractivity contribution is 9.10. The lowest BCUT2D eigenvalue weighted by Crippen LogP contribution is -1.94. The molecular formula is C11H10BrN3O. The van der Waals surface area contributed by atoms with Crippen molar-refractivity contribution in [2.24, 2.45) is 0 Å². The summed E-state index contributed by atoms with van der Waals surface area (Å²) in [6.45, 7) is 1.92. The van der Waals surface area contributed by atoms with Crippen molar-refractivity contribution in [2.75, 3.05) is 5.73 Å². The van der Waals surface area contributed by atoms with Crippen LogP contribution in [0.15, 0.2) is 35.1 Å². The number of nitrogen functional groups attached to an aromatic ring is 1. The zero-order chi connectivity index (χ0) is 11.5. The first kappa shape index (κ1) is 10.9. The number of aryl methyl sites for hydroxylation is 1. The van der Waals surface area contributed by atoms with Gasteiger partial charge in [0.15, 0.2) is 0 Å². The quantitative estimate of drug-likeness (QED) is 0.859. The van der Waals surface area contributed by atoms with Gasteiger partial charge in [-0.3, -0.25) is 0 Å². The molecule has 1 heterocycles. The van der Waals surface area contributed by atoms with Crippen molar-refractivity contribution < 1.29 is 4.74 Å².